The van der Waals surface area contributed by atoms with Gasteiger partial charge in [0.25, 0.3) is 0 Å². The zero-order valence-corrected chi connectivity index (χ0v) is 53.4. The number of rotatable bonds is 48. The maximum Gasteiger partial charge on any atom is 0.0773 e. The molecule has 0 atom stereocenters. The second-order valence-electron chi connectivity index (χ2n) is 21.3. The van der Waals surface area contributed by atoms with Gasteiger partial charge in [0.1, 0.15) is 0 Å². The predicted molar refractivity (Wildman–Crippen MR) is 365 cm³/mol. The summed E-state index contributed by atoms with van der Waals surface area (Å²) >= 11 is 0. The van der Waals surface area contributed by atoms with Gasteiger partial charge < -0.3 is 0 Å². The predicted octanol–water partition coefficient (Wildman–Crippen LogP) is 21.0. The maximum absolute atomic E-state index is 5.10. The van der Waals surface area contributed by atoms with Crippen molar-refractivity contribution in [3.8, 4) is 0 Å². The number of hydrogen-bond donors (Lipinski definition) is 0. The third-order valence-electron chi connectivity index (χ3n) is 17.7. The zero-order chi connectivity index (χ0) is 56.9. The van der Waals surface area contributed by atoms with E-state index in [0.717, 1.165) is 120 Å². The summed E-state index contributed by atoms with van der Waals surface area (Å²) in [6.07, 6.45) is 45.9. The van der Waals surface area contributed by atoms with Crippen LogP contribution in [0, 0.1) is 6.07 Å². The van der Waals surface area contributed by atoms with Crippen LogP contribution in [-0.2, 0) is 14.0 Å². The molecule has 0 aliphatic heterocycles. The van der Waals surface area contributed by atoms with E-state index in [9.17, 15) is 0 Å². The van der Waals surface area contributed by atoms with Crippen LogP contribution in [0.3, 0.4) is 0 Å². The lowest BCUT2D eigenvalue weighted by molar-refractivity contribution is 0.843. The van der Waals surface area contributed by atoms with Crippen molar-refractivity contribution >= 4 is 48.4 Å². The van der Waals surface area contributed by atoms with Gasteiger partial charge in [0, 0.05) is 14.0 Å². The average molecular weight is 1100 g/mol. The van der Waals surface area contributed by atoms with Gasteiger partial charge in [-0.2, -0.15) is 0 Å². The second kappa shape index (κ2) is 32.0. The molecule has 0 nitrogen and oxygen atoms in total. The van der Waals surface area contributed by atoms with Crippen molar-refractivity contribution in [3.05, 3.63) is 301 Å². The normalized spacial score (nSPS) is 12.5. The summed E-state index contributed by atoms with van der Waals surface area (Å²) in [5.41, 5.74) is 3.53. The lowest BCUT2D eigenvalue weighted by Crippen LogP contribution is -2.71. The molecular weight excluding hydrogens is 997 g/mol. The molecule has 0 amide bonds. The maximum atomic E-state index is 5.10. The number of benzene rings is 1. The molecule has 0 unspecified atom stereocenters. The molecule has 401 valence electrons. The second-order valence-corrected chi connectivity index (χ2v) is 50.2. The Kier molecular flexibility index (Phi) is 29.0. The van der Waals surface area contributed by atoms with Gasteiger partial charge in [-0.05, 0) is 132 Å². The lowest BCUT2D eigenvalue weighted by Gasteiger charge is -2.61. The molecule has 0 aliphatic rings. The van der Waals surface area contributed by atoms with Crippen molar-refractivity contribution in [1.82, 2.24) is 0 Å². The van der Waals surface area contributed by atoms with Crippen LogP contribution in [0.15, 0.2) is 278 Å². The summed E-state index contributed by atoms with van der Waals surface area (Å²) in [6.45, 7) is 97.1. The van der Waals surface area contributed by atoms with E-state index in [1.165, 1.54) is 5.56 Å². The van der Waals surface area contributed by atoms with Crippen LogP contribution in [0.1, 0.15) is 16.7 Å². The molecule has 0 saturated heterocycles. The van der Waals surface area contributed by atoms with Gasteiger partial charge in [-0.15, -0.1) is 138 Å². The molecule has 0 bridgehead atoms. The Morgan fingerprint density at radius 3 is 0.493 bits per heavy atom. The van der Waals surface area contributed by atoms with Crippen molar-refractivity contribution in [2.75, 3.05) is 0 Å². The molecule has 75 heavy (non-hydrogen) atoms. The van der Waals surface area contributed by atoms with E-state index >= 15 is 0 Å². The monoisotopic (exact) mass is 1100 g/mol. The molecule has 0 aromatic heterocycles. The van der Waals surface area contributed by atoms with E-state index < -0.39 is 62.4 Å². The third kappa shape index (κ3) is 12.1. The fourth-order valence-corrected chi connectivity index (χ4v) is 60.4. The van der Waals surface area contributed by atoms with Crippen LogP contribution in [0.2, 0.25) is 109 Å². The minimum Gasteiger partial charge on any atom is -0.103 e. The summed E-state index contributed by atoms with van der Waals surface area (Å²) in [5, 5.41) is 0. The molecule has 1 rings (SSSR count). The van der Waals surface area contributed by atoms with Crippen LogP contribution in [0.4, 0.5) is 0 Å². The Morgan fingerprint density at radius 2 is 0.373 bits per heavy atom. The third-order valence-corrected chi connectivity index (χ3v) is 59.5. The standard InChI is InChI=1S/C69H101Si6/c1-22-43-70(44-23-2,45-24-3)67(40-19,71(46-25-4,47-26-5)48-27-6)64-61-65(68(41-20,72(49-28-7,50-29-8)51-30-9)73(52-31-10,53-32-11)54-33-12)63-66(62-64)69(42-21,74(55-34-13,56-35-14)57-36-15)75(58-37-16,59-38-17)60-39-18/h22-42,61-62H,1-21,43-60H2. The first-order valence-electron chi connectivity index (χ1n) is 27.1. The molecule has 1 radical (unpaired) electrons. The van der Waals surface area contributed by atoms with Gasteiger partial charge in [0.2, 0.25) is 0 Å². The van der Waals surface area contributed by atoms with Gasteiger partial charge >= 0.3 is 0 Å². The van der Waals surface area contributed by atoms with Crippen molar-refractivity contribution in [3.63, 3.8) is 0 Å². The smallest absolute Gasteiger partial charge is 0.0773 e. The summed E-state index contributed by atoms with van der Waals surface area (Å²) in [5.74, 6) is 0. The molecule has 0 N–H and O–H groups in total. The fraction of sp³-hybridized carbons (Fsp3) is 0.304. The Hall–Kier alpha value is -4.94. The molecule has 6 heteroatoms. The van der Waals surface area contributed by atoms with Crippen molar-refractivity contribution < 1.29 is 0 Å². The SMILES string of the molecule is C=CC[Si](CC=C)(CC=C)C(C=C)(c1[c]c(C(C=C)([Si](CC=C)(CC=C)CC=C)[Si](CC=C)(CC=C)CC=C)cc(C(C=C)([Si](CC=C)(CC=C)CC=C)[Si](CC=C)(CC=C)CC=C)c1)[Si](CC=C)(CC=C)CC=C. The van der Waals surface area contributed by atoms with Gasteiger partial charge in [-0.1, -0.05) is 140 Å². The molecule has 0 spiro atoms. The van der Waals surface area contributed by atoms with E-state index in [-0.39, 0.29) is 0 Å². The number of allylic oxidation sites excluding steroid dienone is 21. The average Bonchev–Trinajstić information content (AvgIpc) is 3.36. The number of hydrogen-bond acceptors (Lipinski definition) is 0. The van der Waals surface area contributed by atoms with Crippen molar-refractivity contribution in [2.45, 2.75) is 123 Å². The van der Waals surface area contributed by atoms with E-state index in [0.29, 0.717) is 0 Å². The van der Waals surface area contributed by atoms with E-state index in [2.05, 4.69) is 264 Å². The highest BCUT2D eigenvalue weighted by Crippen LogP contribution is 2.61. The van der Waals surface area contributed by atoms with E-state index in [1.54, 1.807) is 0 Å². The minimum atomic E-state index is -2.90. The molecule has 1 aromatic carbocycles. The summed E-state index contributed by atoms with van der Waals surface area (Å²) in [4.78, 5) is 0. The Morgan fingerprint density at radius 1 is 0.240 bits per heavy atom. The first-order chi connectivity index (χ1) is 36.1. The van der Waals surface area contributed by atoms with Crippen LogP contribution in [0.25, 0.3) is 0 Å². The zero-order valence-electron chi connectivity index (χ0n) is 47.4. The first-order valence-corrected chi connectivity index (χ1v) is 42.8. The highest BCUT2D eigenvalue weighted by molar-refractivity contribution is 7.05. The van der Waals surface area contributed by atoms with Crippen LogP contribution in [-0.4, -0.2) is 48.4 Å². The molecule has 0 saturated carbocycles. The molecule has 1 aromatic rings. The highest BCUT2D eigenvalue weighted by Gasteiger charge is 2.67. The van der Waals surface area contributed by atoms with Crippen LogP contribution >= 0.6 is 0 Å². The van der Waals surface area contributed by atoms with Gasteiger partial charge in [0.05, 0.1) is 48.4 Å². The van der Waals surface area contributed by atoms with Gasteiger partial charge in [0.15, 0.2) is 0 Å². The first kappa shape index (κ1) is 68.1. The van der Waals surface area contributed by atoms with Crippen molar-refractivity contribution in [1.29, 1.82) is 0 Å². The van der Waals surface area contributed by atoms with Gasteiger partial charge in [-0.25, -0.2) is 0 Å². The molecular formula is C69H101Si6. The largest absolute Gasteiger partial charge is 0.103 e. The summed E-state index contributed by atoms with van der Waals surface area (Å²) in [7, 11) is -17.4. The Labute approximate surface area is 468 Å². The summed E-state index contributed by atoms with van der Waals surface area (Å²) in [6, 6.07) is 24.1. The van der Waals surface area contributed by atoms with E-state index in [1.807, 2.05) is 0 Å². The van der Waals surface area contributed by atoms with E-state index in [4.69, 9.17) is 19.7 Å². The molecule has 0 heterocycles. The quantitative estimate of drug-likeness (QED) is 0.0451. The lowest BCUT2D eigenvalue weighted by atomic mass is 9.97. The van der Waals surface area contributed by atoms with Crippen LogP contribution in [0.5, 0.6) is 0 Å². The van der Waals surface area contributed by atoms with Crippen LogP contribution < -0.4 is 0 Å². The summed E-state index contributed by atoms with van der Waals surface area (Å²) < 4.78 is -1.89. The Bertz CT molecular complexity index is 1750. The highest BCUT2D eigenvalue weighted by atomic mass is 28.4. The minimum absolute atomic E-state index is 0.607. The molecule has 0 fully saturated rings. The van der Waals surface area contributed by atoms with Gasteiger partial charge in [-0.3, -0.25) is 0 Å². The Balaban J connectivity index is 6.51. The van der Waals surface area contributed by atoms with Crippen molar-refractivity contribution in [2.24, 2.45) is 0 Å². The fourth-order valence-electron chi connectivity index (χ4n) is 15.7. The molecule has 0 aliphatic carbocycles. The topological polar surface area (TPSA) is 0 Å².